The van der Waals surface area contributed by atoms with Gasteiger partial charge in [0.15, 0.2) is 6.61 Å². The van der Waals surface area contributed by atoms with Gasteiger partial charge in [-0.05, 0) is 73.4 Å². The molecule has 0 aliphatic heterocycles. The molecule has 3 aromatic carbocycles. The number of ether oxygens (including phenoxy) is 1. The van der Waals surface area contributed by atoms with Crippen LogP contribution in [0.1, 0.15) is 29.2 Å². The lowest BCUT2D eigenvalue weighted by Gasteiger charge is -2.10. The number of hydrogen-bond acceptors (Lipinski definition) is 5. The second-order valence-electron chi connectivity index (χ2n) is 7.95. The van der Waals surface area contributed by atoms with Crippen molar-refractivity contribution in [1.29, 1.82) is 0 Å². The number of anilines is 2. The Morgan fingerprint density at radius 1 is 0.857 bits per heavy atom. The number of amides is 3. The van der Waals surface area contributed by atoms with Crippen molar-refractivity contribution in [2.75, 3.05) is 17.2 Å². The van der Waals surface area contributed by atoms with Crippen LogP contribution in [0.5, 0.6) is 5.75 Å². The molecule has 3 N–H and O–H groups in total. The van der Waals surface area contributed by atoms with Gasteiger partial charge in [-0.1, -0.05) is 37.3 Å². The minimum Gasteiger partial charge on any atom is -0.483 e. The van der Waals surface area contributed by atoms with Crippen molar-refractivity contribution in [3.05, 3.63) is 89.0 Å². The Labute approximate surface area is 204 Å². The SMILES string of the molecule is CCc1ccc(NC(=O)C(=O)N/N=C\c2ccccc2OCC(=O)Nc2cc(C)cc(C)c2)cc1. The summed E-state index contributed by atoms with van der Waals surface area (Å²) in [5.41, 5.74) is 7.17. The third kappa shape index (κ3) is 7.82. The number of hydrogen-bond donors (Lipinski definition) is 3. The molecule has 0 atom stereocenters. The number of carbonyl (C=O) groups excluding carboxylic acids is 3. The fraction of sp³-hybridized carbons (Fsp3) is 0.185. The van der Waals surface area contributed by atoms with E-state index in [2.05, 4.69) is 21.2 Å². The van der Waals surface area contributed by atoms with Crippen molar-refractivity contribution in [3.63, 3.8) is 0 Å². The molecule has 180 valence electrons. The number of aryl methyl sites for hydroxylation is 3. The van der Waals surface area contributed by atoms with Gasteiger partial charge in [0.05, 0.1) is 6.21 Å². The van der Waals surface area contributed by atoms with Gasteiger partial charge in [0.25, 0.3) is 5.91 Å². The zero-order chi connectivity index (χ0) is 25.2. The van der Waals surface area contributed by atoms with E-state index < -0.39 is 11.8 Å². The lowest BCUT2D eigenvalue weighted by Crippen LogP contribution is -2.32. The molecule has 0 aliphatic carbocycles. The van der Waals surface area contributed by atoms with Crippen molar-refractivity contribution in [1.82, 2.24) is 5.43 Å². The number of benzene rings is 3. The number of nitrogens with zero attached hydrogens (tertiary/aromatic N) is 1. The first-order chi connectivity index (χ1) is 16.8. The van der Waals surface area contributed by atoms with Crippen molar-refractivity contribution in [2.45, 2.75) is 27.2 Å². The van der Waals surface area contributed by atoms with Gasteiger partial charge in [0.2, 0.25) is 0 Å². The zero-order valence-electron chi connectivity index (χ0n) is 19.9. The van der Waals surface area contributed by atoms with Crippen LogP contribution in [0.25, 0.3) is 0 Å². The van der Waals surface area contributed by atoms with Crippen molar-refractivity contribution >= 4 is 35.3 Å². The minimum atomic E-state index is -0.910. The number of hydrazone groups is 1. The smallest absolute Gasteiger partial charge is 0.329 e. The Hall–Kier alpha value is -4.46. The van der Waals surface area contributed by atoms with Crippen molar-refractivity contribution < 1.29 is 19.1 Å². The van der Waals surface area contributed by atoms with Crippen molar-refractivity contribution in [3.8, 4) is 5.75 Å². The third-order valence-electron chi connectivity index (χ3n) is 4.98. The van der Waals surface area contributed by atoms with E-state index in [-0.39, 0.29) is 12.5 Å². The van der Waals surface area contributed by atoms with Gasteiger partial charge >= 0.3 is 11.8 Å². The average molecular weight is 473 g/mol. The fourth-order valence-corrected chi connectivity index (χ4v) is 3.33. The highest BCUT2D eigenvalue weighted by Crippen LogP contribution is 2.17. The molecule has 35 heavy (non-hydrogen) atoms. The first kappa shape index (κ1) is 25.2. The third-order valence-corrected chi connectivity index (χ3v) is 4.98. The Balaban J connectivity index is 1.53. The van der Waals surface area contributed by atoms with Gasteiger partial charge in [-0.3, -0.25) is 14.4 Å². The standard InChI is InChI=1S/C27H28N4O4/c1-4-20-9-11-22(12-10-20)30-26(33)27(34)31-28-16-21-7-5-6-8-24(21)35-17-25(32)29-23-14-18(2)13-19(3)15-23/h5-16H,4,17H2,1-3H3,(H,29,32)(H,30,33)(H,31,34)/b28-16-. The molecule has 0 radical (unpaired) electrons. The number of rotatable bonds is 8. The second kappa shape index (κ2) is 12.1. The molecule has 0 saturated carbocycles. The Bertz CT molecular complexity index is 1220. The quantitative estimate of drug-likeness (QED) is 0.262. The second-order valence-corrected chi connectivity index (χ2v) is 7.95. The van der Waals surface area contributed by atoms with Crippen LogP contribution in [0.3, 0.4) is 0 Å². The van der Waals surface area contributed by atoms with Crippen LogP contribution in [-0.4, -0.2) is 30.5 Å². The molecule has 0 unspecified atom stereocenters. The Morgan fingerprint density at radius 3 is 2.23 bits per heavy atom. The molecular weight excluding hydrogens is 444 g/mol. The summed E-state index contributed by atoms with van der Waals surface area (Å²) in [5, 5.41) is 9.17. The highest BCUT2D eigenvalue weighted by atomic mass is 16.5. The van der Waals surface area contributed by atoms with Crippen LogP contribution in [0, 0.1) is 13.8 Å². The van der Waals surface area contributed by atoms with E-state index in [1.165, 1.54) is 6.21 Å². The van der Waals surface area contributed by atoms with Crippen LogP contribution in [-0.2, 0) is 20.8 Å². The maximum Gasteiger partial charge on any atom is 0.329 e. The average Bonchev–Trinajstić information content (AvgIpc) is 2.83. The molecule has 3 aromatic rings. The normalized spacial score (nSPS) is 10.6. The molecule has 0 aromatic heterocycles. The Kier molecular flexibility index (Phi) is 8.72. The minimum absolute atomic E-state index is 0.205. The number of carbonyl (C=O) groups is 3. The van der Waals surface area contributed by atoms with Gasteiger partial charge in [-0.25, -0.2) is 5.43 Å². The summed E-state index contributed by atoms with van der Waals surface area (Å²) in [7, 11) is 0. The summed E-state index contributed by atoms with van der Waals surface area (Å²) in [6, 6.07) is 19.9. The van der Waals surface area contributed by atoms with Gasteiger partial charge in [0, 0.05) is 16.9 Å². The predicted octanol–water partition coefficient (Wildman–Crippen LogP) is 3.97. The van der Waals surface area contributed by atoms with Crippen LogP contribution in [0.4, 0.5) is 11.4 Å². The molecule has 0 fully saturated rings. The van der Waals surface area contributed by atoms with Gasteiger partial charge in [0.1, 0.15) is 5.75 Å². The molecule has 0 aliphatic rings. The van der Waals surface area contributed by atoms with E-state index in [0.717, 1.165) is 23.1 Å². The Morgan fingerprint density at radius 2 is 1.54 bits per heavy atom. The predicted molar refractivity (Wildman–Crippen MR) is 137 cm³/mol. The van der Waals surface area contributed by atoms with Gasteiger partial charge < -0.3 is 15.4 Å². The van der Waals surface area contributed by atoms with E-state index >= 15 is 0 Å². The highest BCUT2D eigenvalue weighted by molar-refractivity contribution is 6.39. The number of para-hydroxylation sites is 1. The van der Waals surface area contributed by atoms with Crippen LogP contribution >= 0.6 is 0 Å². The topological polar surface area (TPSA) is 109 Å². The van der Waals surface area contributed by atoms with Crippen LogP contribution in [0.15, 0.2) is 71.8 Å². The summed E-state index contributed by atoms with van der Waals surface area (Å²) in [6.45, 7) is 5.74. The lowest BCUT2D eigenvalue weighted by atomic mass is 10.1. The monoisotopic (exact) mass is 472 g/mol. The summed E-state index contributed by atoms with van der Waals surface area (Å²) in [6.07, 6.45) is 2.23. The molecule has 8 nitrogen and oxygen atoms in total. The maximum absolute atomic E-state index is 12.3. The molecule has 3 amide bonds. The highest BCUT2D eigenvalue weighted by Gasteiger charge is 2.13. The molecule has 3 rings (SSSR count). The van der Waals surface area contributed by atoms with E-state index in [1.54, 1.807) is 36.4 Å². The summed E-state index contributed by atoms with van der Waals surface area (Å²) in [4.78, 5) is 36.5. The molecule has 0 saturated heterocycles. The largest absolute Gasteiger partial charge is 0.483 e. The van der Waals surface area contributed by atoms with E-state index in [9.17, 15) is 14.4 Å². The first-order valence-corrected chi connectivity index (χ1v) is 11.2. The van der Waals surface area contributed by atoms with Crippen LogP contribution in [0.2, 0.25) is 0 Å². The summed E-state index contributed by atoms with van der Waals surface area (Å²) >= 11 is 0. The molecule has 0 spiro atoms. The summed E-state index contributed by atoms with van der Waals surface area (Å²) in [5.74, 6) is -1.65. The lowest BCUT2D eigenvalue weighted by molar-refractivity contribution is -0.136. The van der Waals surface area contributed by atoms with Crippen molar-refractivity contribution in [2.24, 2.45) is 5.10 Å². The fourth-order valence-electron chi connectivity index (χ4n) is 3.33. The number of nitrogens with one attached hydrogen (secondary N) is 3. The molecule has 0 heterocycles. The molecular formula is C27H28N4O4. The van der Waals surface area contributed by atoms with E-state index in [4.69, 9.17) is 4.74 Å². The summed E-state index contributed by atoms with van der Waals surface area (Å²) < 4.78 is 5.64. The maximum atomic E-state index is 12.3. The van der Waals surface area contributed by atoms with E-state index in [1.807, 2.05) is 51.1 Å². The molecule has 0 bridgehead atoms. The van der Waals surface area contributed by atoms with Gasteiger partial charge in [-0.15, -0.1) is 0 Å². The molecule has 8 heteroatoms. The first-order valence-electron chi connectivity index (χ1n) is 11.2. The van der Waals surface area contributed by atoms with Gasteiger partial charge in [-0.2, -0.15) is 5.10 Å². The zero-order valence-corrected chi connectivity index (χ0v) is 19.9. The van der Waals surface area contributed by atoms with E-state index in [0.29, 0.717) is 22.7 Å². The van der Waals surface area contributed by atoms with Crippen LogP contribution < -0.4 is 20.8 Å².